The van der Waals surface area contributed by atoms with Gasteiger partial charge in [0.2, 0.25) is 5.91 Å². The van der Waals surface area contributed by atoms with Crippen molar-refractivity contribution in [3.63, 3.8) is 0 Å². The molecule has 2 N–H and O–H groups in total. The highest BCUT2D eigenvalue weighted by atomic mass is 19.1. The molecule has 0 radical (unpaired) electrons. The van der Waals surface area contributed by atoms with Gasteiger partial charge in [-0.05, 0) is 18.6 Å². The number of hydrogen-bond donors (Lipinski definition) is 2. The summed E-state index contributed by atoms with van der Waals surface area (Å²) in [6.07, 6.45) is 2.08. The molecule has 1 amide bonds. The molecule has 0 fully saturated rings. The Bertz CT molecular complexity index is 353. The van der Waals surface area contributed by atoms with Crippen LogP contribution in [-0.2, 0) is 4.79 Å². The molecule has 1 aromatic heterocycles. The Morgan fingerprint density at radius 1 is 1.47 bits per heavy atom. The molecule has 1 rings (SSSR count). The van der Waals surface area contributed by atoms with E-state index in [1.807, 2.05) is 6.92 Å². The smallest absolute Gasteiger partial charge is 0.216 e. The Morgan fingerprint density at radius 2 is 2.24 bits per heavy atom. The summed E-state index contributed by atoms with van der Waals surface area (Å²) in [4.78, 5) is 14.7. The molecule has 17 heavy (non-hydrogen) atoms. The van der Waals surface area contributed by atoms with Crippen LogP contribution in [0.5, 0.6) is 0 Å². The van der Waals surface area contributed by atoms with Gasteiger partial charge in [-0.3, -0.25) is 9.78 Å². The minimum atomic E-state index is -0.332. The third-order valence-corrected chi connectivity index (χ3v) is 2.41. The molecule has 0 aromatic carbocycles. The first-order chi connectivity index (χ1) is 8.13. The fourth-order valence-corrected chi connectivity index (χ4v) is 1.54. The largest absolute Gasteiger partial charge is 0.355 e. The maximum absolute atomic E-state index is 12.7. The van der Waals surface area contributed by atoms with E-state index in [0.717, 1.165) is 12.1 Å². The summed E-state index contributed by atoms with van der Waals surface area (Å²) in [6.45, 7) is 4.75. The van der Waals surface area contributed by atoms with Gasteiger partial charge in [0.25, 0.3) is 0 Å². The van der Waals surface area contributed by atoms with Gasteiger partial charge in [-0.2, -0.15) is 0 Å². The summed E-state index contributed by atoms with van der Waals surface area (Å²) in [6, 6.07) is 3.17. The molecule has 1 aromatic rings. The van der Waals surface area contributed by atoms with E-state index in [1.165, 1.54) is 19.2 Å². The topological polar surface area (TPSA) is 54.0 Å². The zero-order valence-corrected chi connectivity index (χ0v) is 10.2. The van der Waals surface area contributed by atoms with Gasteiger partial charge in [0.15, 0.2) is 0 Å². The molecule has 0 saturated carbocycles. The summed E-state index contributed by atoms with van der Waals surface area (Å²) >= 11 is 0. The number of pyridine rings is 1. The summed E-state index contributed by atoms with van der Waals surface area (Å²) < 4.78 is 12.7. The molecule has 0 aliphatic carbocycles. The molecule has 4 nitrogen and oxygen atoms in total. The first kappa shape index (κ1) is 13.6. The Morgan fingerprint density at radius 3 is 2.76 bits per heavy atom. The van der Waals surface area contributed by atoms with E-state index in [1.54, 1.807) is 6.07 Å². The lowest BCUT2D eigenvalue weighted by Gasteiger charge is -2.16. The monoisotopic (exact) mass is 239 g/mol. The van der Waals surface area contributed by atoms with Crippen LogP contribution in [0.2, 0.25) is 0 Å². The van der Waals surface area contributed by atoms with Crippen LogP contribution in [0.25, 0.3) is 0 Å². The van der Waals surface area contributed by atoms with E-state index in [4.69, 9.17) is 0 Å². The molecule has 0 aliphatic rings. The summed E-state index contributed by atoms with van der Waals surface area (Å²) in [5.41, 5.74) is 0.816. The number of halogens is 1. The van der Waals surface area contributed by atoms with Gasteiger partial charge >= 0.3 is 0 Å². The van der Waals surface area contributed by atoms with Gasteiger partial charge in [0, 0.05) is 26.1 Å². The van der Waals surface area contributed by atoms with E-state index in [9.17, 15) is 9.18 Å². The second kappa shape index (κ2) is 6.96. The van der Waals surface area contributed by atoms with E-state index >= 15 is 0 Å². The lowest BCUT2D eigenvalue weighted by Crippen LogP contribution is -2.32. The maximum Gasteiger partial charge on any atom is 0.216 e. The van der Waals surface area contributed by atoms with Crippen molar-refractivity contribution in [1.29, 1.82) is 0 Å². The van der Waals surface area contributed by atoms with Gasteiger partial charge in [-0.1, -0.05) is 6.92 Å². The van der Waals surface area contributed by atoms with Crippen molar-refractivity contribution < 1.29 is 9.18 Å². The van der Waals surface area contributed by atoms with Crippen molar-refractivity contribution in [1.82, 2.24) is 15.6 Å². The van der Waals surface area contributed by atoms with E-state index in [0.29, 0.717) is 13.1 Å². The molecule has 1 heterocycles. The number of amides is 1. The third kappa shape index (κ3) is 4.91. The Kier molecular flexibility index (Phi) is 5.56. The Balaban J connectivity index is 2.43. The summed E-state index contributed by atoms with van der Waals surface area (Å²) in [5, 5.41) is 5.96. The van der Waals surface area contributed by atoms with Crippen molar-refractivity contribution >= 4 is 5.91 Å². The number of rotatable bonds is 6. The SMILES string of the molecule is CCC(NCCNC(C)=O)c1ccc(F)cn1. The average Bonchev–Trinajstić information content (AvgIpc) is 2.30. The highest BCUT2D eigenvalue weighted by Crippen LogP contribution is 2.13. The molecular weight excluding hydrogens is 221 g/mol. The van der Waals surface area contributed by atoms with Crippen molar-refractivity contribution in [2.45, 2.75) is 26.3 Å². The van der Waals surface area contributed by atoms with Crippen molar-refractivity contribution in [2.24, 2.45) is 0 Å². The van der Waals surface area contributed by atoms with Crippen LogP contribution in [0.3, 0.4) is 0 Å². The molecule has 0 saturated heterocycles. The number of carbonyl (C=O) groups excluding carboxylic acids is 1. The molecule has 0 spiro atoms. The number of aromatic nitrogens is 1. The van der Waals surface area contributed by atoms with Crippen LogP contribution in [0.15, 0.2) is 18.3 Å². The van der Waals surface area contributed by atoms with Gasteiger partial charge < -0.3 is 10.6 Å². The molecule has 1 atom stereocenters. The van der Waals surface area contributed by atoms with Gasteiger partial charge in [0.05, 0.1) is 11.9 Å². The quantitative estimate of drug-likeness (QED) is 0.738. The van der Waals surface area contributed by atoms with Crippen molar-refractivity contribution in [3.05, 3.63) is 29.8 Å². The fourth-order valence-electron chi connectivity index (χ4n) is 1.54. The Hall–Kier alpha value is -1.49. The summed E-state index contributed by atoms with van der Waals surface area (Å²) in [7, 11) is 0. The predicted molar refractivity (Wildman–Crippen MR) is 63.9 cm³/mol. The minimum Gasteiger partial charge on any atom is -0.355 e. The summed E-state index contributed by atoms with van der Waals surface area (Å²) in [5.74, 6) is -0.374. The lowest BCUT2D eigenvalue weighted by atomic mass is 10.1. The van der Waals surface area contributed by atoms with Gasteiger partial charge in [0.1, 0.15) is 5.82 Å². The van der Waals surface area contributed by atoms with E-state index in [-0.39, 0.29) is 17.8 Å². The van der Waals surface area contributed by atoms with Crippen LogP contribution in [-0.4, -0.2) is 24.0 Å². The fraction of sp³-hybridized carbons (Fsp3) is 0.500. The second-order valence-electron chi connectivity index (χ2n) is 3.80. The zero-order chi connectivity index (χ0) is 12.7. The molecule has 5 heteroatoms. The van der Waals surface area contributed by atoms with Crippen LogP contribution >= 0.6 is 0 Å². The molecule has 0 aliphatic heterocycles. The molecule has 0 bridgehead atoms. The van der Waals surface area contributed by atoms with Crippen LogP contribution in [0.1, 0.15) is 32.0 Å². The normalized spacial score (nSPS) is 12.2. The van der Waals surface area contributed by atoms with Crippen molar-refractivity contribution in [2.75, 3.05) is 13.1 Å². The van der Waals surface area contributed by atoms with Gasteiger partial charge in [-0.15, -0.1) is 0 Å². The first-order valence-electron chi connectivity index (χ1n) is 5.72. The third-order valence-electron chi connectivity index (χ3n) is 2.41. The number of hydrogen-bond acceptors (Lipinski definition) is 3. The van der Waals surface area contributed by atoms with Gasteiger partial charge in [-0.25, -0.2) is 4.39 Å². The number of nitrogens with zero attached hydrogens (tertiary/aromatic N) is 1. The minimum absolute atomic E-state index is 0.0419. The second-order valence-corrected chi connectivity index (χ2v) is 3.80. The predicted octanol–water partition coefficient (Wildman–Crippen LogP) is 1.40. The Labute approximate surface area is 101 Å². The molecular formula is C12H18FN3O. The number of nitrogens with one attached hydrogen (secondary N) is 2. The van der Waals surface area contributed by atoms with E-state index < -0.39 is 0 Å². The first-order valence-corrected chi connectivity index (χ1v) is 5.72. The van der Waals surface area contributed by atoms with Crippen molar-refractivity contribution in [3.8, 4) is 0 Å². The maximum atomic E-state index is 12.7. The van der Waals surface area contributed by atoms with E-state index in [2.05, 4.69) is 15.6 Å². The highest BCUT2D eigenvalue weighted by molar-refractivity contribution is 5.72. The molecule has 94 valence electrons. The van der Waals surface area contributed by atoms with Crippen LogP contribution in [0, 0.1) is 5.82 Å². The lowest BCUT2D eigenvalue weighted by molar-refractivity contribution is -0.118. The van der Waals surface area contributed by atoms with Crippen LogP contribution < -0.4 is 10.6 Å². The standard InChI is InChI=1S/C12H18FN3O/c1-3-11(15-7-6-14-9(2)17)12-5-4-10(13)8-16-12/h4-5,8,11,15H,3,6-7H2,1-2H3,(H,14,17). The molecule has 1 unspecified atom stereocenters. The average molecular weight is 239 g/mol. The number of carbonyl (C=O) groups is 1. The van der Waals surface area contributed by atoms with Crippen LogP contribution in [0.4, 0.5) is 4.39 Å². The highest BCUT2D eigenvalue weighted by Gasteiger charge is 2.09. The zero-order valence-electron chi connectivity index (χ0n) is 10.2.